The summed E-state index contributed by atoms with van der Waals surface area (Å²) >= 11 is 0. The second-order valence-electron chi connectivity index (χ2n) is 3.67. The number of hydrogen-bond donors (Lipinski definition) is 0. The molecule has 1 heterocycles. The Labute approximate surface area is 112 Å². The van der Waals surface area contributed by atoms with Gasteiger partial charge in [0.05, 0.1) is 12.7 Å². The van der Waals surface area contributed by atoms with Gasteiger partial charge in [-0.2, -0.15) is 0 Å². The van der Waals surface area contributed by atoms with E-state index in [9.17, 15) is 0 Å². The third-order valence-corrected chi connectivity index (χ3v) is 2.43. The van der Waals surface area contributed by atoms with Crippen LogP contribution in [0.1, 0.15) is 33.6 Å². The van der Waals surface area contributed by atoms with Gasteiger partial charge in [0.1, 0.15) is 12.4 Å². The third kappa shape index (κ3) is 7.13. The van der Waals surface area contributed by atoms with Gasteiger partial charge in [-0.1, -0.05) is 45.2 Å². The van der Waals surface area contributed by atoms with Gasteiger partial charge in [0.2, 0.25) is 0 Å². The Morgan fingerprint density at radius 2 is 2.06 bits per heavy atom. The molecule has 1 fully saturated rings. The molecule has 0 aromatic heterocycles. The molecule has 2 nitrogen and oxygen atoms in total. The fourth-order valence-electron chi connectivity index (χ4n) is 1.46. The van der Waals surface area contributed by atoms with Crippen LogP contribution in [-0.4, -0.2) is 19.3 Å². The van der Waals surface area contributed by atoms with Crippen LogP contribution in [0.4, 0.5) is 0 Å². The second kappa shape index (κ2) is 10.8. The lowest BCUT2D eigenvalue weighted by atomic mass is 10.1. The van der Waals surface area contributed by atoms with E-state index in [-0.39, 0.29) is 0 Å². The first kappa shape index (κ1) is 16.7. The molecule has 0 aromatic carbocycles. The molecule has 0 aromatic rings. The summed E-state index contributed by atoms with van der Waals surface area (Å²) in [5, 5.41) is 0. The molecule has 0 radical (unpaired) electrons. The minimum absolute atomic E-state index is 0.458. The summed E-state index contributed by atoms with van der Waals surface area (Å²) in [7, 11) is 0. The largest absolute Gasteiger partial charge is 0.489 e. The van der Waals surface area contributed by atoms with Crippen LogP contribution in [0.2, 0.25) is 0 Å². The van der Waals surface area contributed by atoms with Crippen LogP contribution in [0.3, 0.4) is 0 Å². The van der Waals surface area contributed by atoms with Gasteiger partial charge in [0.15, 0.2) is 0 Å². The van der Waals surface area contributed by atoms with Gasteiger partial charge in [0.25, 0.3) is 0 Å². The Bertz CT molecular complexity index is 296. The molecule has 0 amide bonds. The van der Waals surface area contributed by atoms with Crippen LogP contribution in [0.5, 0.6) is 0 Å². The lowest BCUT2D eigenvalue weighted by Crippen LogP contribution is -1.98. The van der Waals surface area contributed by atoms with Crippen LogP contribution in [0, 0.1) is 0 Å². The number of epoxide rings is 1. The maximum absolute atomic E-state index is 5.60. The topological polar surface area (TPSA) is 21.8 Å². The fraction of sp³-hybridized carbons (Fsp3) is 0.500. The molecule has 0 spiro atoms. The van der Waals surface area contributed by atoms with Gasteiger partial charge in [0, 0.05) is 0 Å². The SMILES string of the molecule is C=C/C=C(OCC=C)\C(=C/C)CCC1CO1.CC. The van der Waals surface area contributed by atoms with Crippen molar-refractivity contribution in [3.63, 3.8) is 0 Å². The van der Waals surface area contributed by atoms with Crippen LogP contribution < -0.4 is 0 Å². The average molecular weight is 250 g/mol. The Morgan fingerprint density at radius 3 is 2.50 bits per heavy atom. The summed E-state index contributed by atoms with van der Waals surface area (Å²) in [5.74, 6) is 0.887. The first-order valence-corrected chi connectivity index (χ1v) is 6.65. The van der Waals surface area contributed by atoms with Crippen LogP contribution in [-0.2, 0) is 9.47 Å². The van der Waals surface area contributed by atoms with E-state index < -0.39 is 0 Å². The molecule has 1 rings (SSSR count). The van der Waals surface area contributed by atoms with Gasteiger partial charge in [-0.05, 0) is 31.4 Å². The highest BCUT2D eigenvalue weighted by Crippen LogP contribution is 2.23. The molecule has 18 heavy (non-hydrogen) atoms. The molecule has 0 bridgehead atoms. The molecule has 0 aliphatic carbocycles. The normalized spacial score (nSPS) is 18.5. The highest BCUT2D eigenvalue weighted by Gasteiger charge is 2.22. The Balaban J connectivity index is 0.00000137. The van der Waals surface area contributed by atoms with Crippen molar-refractivity contribution in [2.45, 2.75) is 39.7 Å². The maximum atomic E-state index is 5.60. The minimum Gasteiger partial charge on any atom is -0.489 e. The van der Waals surface area contributed by atoms with Crippen molar-refractivity contribution < 1.29 is 9.47 Å². The van der Waals surface area contributed by atoms with Crippen molar-refractivity contribution >= 4 is 0 Å². The zero-order chi connectivity index (χ0) is 13.8. The summed E-state index contributed by atoms with van der Waals surface area (Å²) in [6, 6.07) is 0. The van der Waals surface area contributed by atoms with E-state index in [0.717, 1.165) is 25.2 Å². The monoisotopic (exact) mass is 250 g/mol. The fourth-order valence-corrected chi connectivity index (χ4v) is 1.46. The molecule has 1 unspecified atom stereocenters. The van der Waals surface area contributed by atoms with Crippen molar-refractivity contribution in [1.82, 2.24) is 0 Å². The van der Waals surface area contributed by atoms with Gasteiger partial charge >= 0.3 is 0 Å². The van der Waals surface area contributed by atoms with Crippen molar-refractivity contribution in [3.8, 4) is 0 Å². The lowest BCUT2D eigenvalue weighted by molar-refractivity contribution is 0.253. The van der Waals surface area contributed by atoms with E-state index in [1.807, 2.05) is 26.8 Å². The van der Waals surface area contributed by atoms with E-state index >= 15 is 0 Å². The van der Waals surface area contributed by atoms with Gasteiger partial charge in [-0.3, -0.25) is 0 Å². The maximum Gasteiger partial charge on any atom is 0.122 e. The summed E-state index contributed by atoms with van der Waals surface area (Å²) in [5.41, 5.74) is 1.21. The Morgan fingerprint density at radius 1 is 1.39 bits per heavy atom. The molecule has 0 saturated carbocycles. The molecule has 0 N–H and O–H groups in total. The van der Waals surface area contributed by atoms with Crippen LogP contribution in [0.25, 0.3) is 0 Å². The van der Waals surface area contributed by atoms with E-state index in [1.54, 1.807) is 12.2 Å². The minimum atomic E-state index is 0.458. The van der Waals surface area contributed by atoms with Gasteiger partial charge in [-0.25, -0.2) is 0 Å². The van der Waals surface area contributed by atoms with E-state index in [4.69, 9.17) is 9.47 Å². The number of rotatable bonds is 8. The first-order valence-electron chi connectivity index (χ1n) is 6.65. The van der Waals surface area contributed by atoms with Crippen LogP contribution in [0.15, 0.2) is 48.8 Å². The van der Waals surface area contributed by atoms with Gasteiger partial charge in [-0.15, -0.1) is 0 Å². The molecule has 1 saturated heterocycles. The molecular formula is C16H26O2. The first-order chi connectivity index (χ1) is 8.81. The average Bonchev–Trinajstić information content (AvgIpc) is 3.23. The highest BCUT2D eigenvalue weighted by atomic mass is 16.6. The Hall–Kier alpha value is -1.28. The van der Waals surface area contributed by atoms with Crippen molar-refractivity contribution in [2.75, 3.05) is 13.2 Å². The summed E-state index contributed by atoms with van der Waals surface area (Å²) in [6.45, 7) is 14.8. The van der Waals surface area contributed by atoms with Crippen LogP contribution >= 0.6 is 0 Å². The second-order valence-corrected chi connectivity index (χ2v) is 3.67. The molecule has 1 atom stereocenters. The number of ether oxygens (including phenoxy) is 2. The van der Waals surface area contributed by atoms with Crippen molar-refractivity contribution in [1.29, 1.82) is 0 Å². The molecule has 1 aliphatic rings. The summed E-state index contributed by atoms with van der Waals surface area (Å²) < 4.78 is 10.8. The predicted octanol–water partition coefficient (Wildman–Crippen LogP) is 4.41. The van der Waals surface area contributed by atoms with Crippen molar-refractivity contribution in [2.24, 2.45) is 0 Å². The van der Waals surface area contributed by atoms with E-state index in [2.05, 4.69) is 19.2 Å². The Kier molecular flexibility index (Phi) is 10.1. The zero-order valence-electron chi connectivity index (χ0n) is 11.9. The predicted molar refractivity (Wildman–Crippen MR) is 78.5 cm³/mol. The third-order valence-electron chi connectivity index (χ3n) is 2.43. The lowest BCUT2D eigenvalue weighted by Gasteiger charge is -2.11. The zero-order valence-corrected chi connectivity index (χ0v) is 11.9. The van der Waals surface area contributed by atoms with Gasteiger partial charge < -0.3 is 9.47 Å². The van der Waals surface area contributed by atoms with E-state index in [1.165, 1.54) is 5.57 Å². The van der Waals surface area contributed by atoms with E-state index in [0.29, 0.717) is 12.7 Å². The quantitative estimate of drug-likeness (QED) is 0.275. The molecular weight excluding hydrogens is 224 g/mol. The standard InChI is InChI=1S/C14H20O2.C2H6/c1-4-7-14(15-10-5-2)12(6-3)8-9-13-11-16-13;1-2/h4-7,13H,1-2,8-11H2,3H3;1-2H3/b12-6-,14-7+;. The molecule has 2 heteroatoms. The smallest absolute Gasteiger partial charge is 0.122 e. The summed E-state index contributed by atoms with van der Waals surface area (Å²) in [6.07, 6.45) is 9.97. The number of allylic oxidation sites excluding steroid dienone is 4. The highest BCUT2D eigenvalue weighted by molar-refractivity contribution is 5.28. The number of hydrogen-bond acceptors (Lipinski definition) is 2. The molecule has 1 aliphatic heterocycles. The summed E-state index contributed by atoms with van der Waals surface area (Å²) in [4.78, 5) is 0. The van der Waals surface area contributed by atoms with Crippen molar-refractivity contribution in [3.05, 3.63) is 48.8 Å². The molecule has 102 valence electrons.